The third-order valence-corrected chi connectivity index (χ3v) is 2.20. The number of likely N-dealkylation sites (N-methyl/N-ethyl adjacent to an activating group) is 1. The normalized spacial score (nSPS) is 9.94. The number of amides is 1. The van der Waals surface area contributed by atoms with Crippen LogP contribution in [0.25, 0.3) is 0 Å². The summed E-state index contributed by atoms with van der Waals surface area (Å²) in [5, 5.41) is 3.81. The molecule has 7 nitrogen and oxygen atoms in total. The number of hydrogen-bond donors (Lipinski definition) is 0. The molecule has 0 saturated heterocycles. The molecule has 1 amide bonds. The van der Waals surface area contributed by atoms with Crippen LogP contribution in [0.1, 0.15) is 17.4 Å². The SMILES string of the molecule is CCOC(=O)CN(C)C(=O)c1ccc(=O)n(C)n1. The molecule has 0 saturated carbocycles. The van der Waals surface area contributed by atoms with E-state index in [1.807, 2.05) is 0 Å². The van der Waals surface area contributed by atoms with Crippen molar-refractivity contribution in [2.24, 2.45) is 7.05 Å². The molecule has 7 heteroatoms. The van der Waals surface area contributed by atoms with Gasteiger partial charge in [-0.05, 0) is 13.0 Å². The molecule has 0 aliphatic carbocycles. The second-order valence-corrected chi connectivity index (χ2v) is 3.65. The molecule has 0 aliphatic heterocycles. The quantitative estimate of drug-likeness (QED) is 0.670. The molecule has 1 rings (SSSR count). The molecule has 0 spiro atoms. The molecule has 98 valence electrons. The Bertz CT molecular complexity index is 509. The Morgan fingerprint density at radius 1 is 1.44 bits per heavy atom. The van der Waals surface area contributed by atoms with E-state index in [-0.39, 0.29) is 24.4 Å². The highest BCUT2D eigenvalue weighted by Crippen LogP contribution is 1.97. The van der Waals surface area contributed by atoms with Crippen molar-refractivity contribution in [2.75, 3.05) is 20.2 Å². The second kappa shape index (κ2) is 5.95. The number of hydrogen-bond acceptors (Lipinski definition) is 5. The standard InChI is InChI=1S/C11H15N3O4/c1-4-18-10(16)7-13(2)11(17)8-5-6-9(15)14(3)12-8/h5-6H,4,7H2,1-3H3. The van der Waals surface area contributed by atoms with Crippen molar-refractivity contribution < 1.29 is 14.3 Å². The highest BCUT2D eigenvalue weighted by atomic mass is 16.5. The van der Waals surface area contributed by atoms with Crippen LogP contribution in [0.2, 0.25) is 0 Å². The van der Waals surface area contributed by atoms with Crippen LogP contribution in [0, 0.1) is 0 Å². The minimum atomic E-state index is -0.488. The van der Waals surface area contributed by atoms with Gasteiger partial charge in [0.2, 0.25) is 0 Å². The number of aryl methyl sites for hydroxylation is 1. The van der Waals surface area contributed by atoms with Gasteiger partial charge in [-0.1, -0.05) is 0 Å². The summed E-state index contributed by atoms with van der Waals surface area (Å²) < 4.78 is 5.79. The molecule has 0 fully saturated rings. The summed E-state index contributed by atoms with van der Waals surface area (Å²) in [4.78, 5) is 35.4. The van der Waals surface area contributed by atoms with Gasteiger partial charge in [-0.25, -0.2) is 4.68 Å². The number of esters is 1. The first-order valence-corrected chi connectivity index (χ1v) is 5.41. The predicted octanol–water partition coefficient (Wildman–Crippen LogP) is -0.585. The fourth-order valence-electron chi connectivity index (χ4n) is 1.28. The molecular weight excluding hydrogens is 238 g/mol. The summed E-state index contributed by atoms with van der Waals surface area (Å²) in [6, 6.07) is 2.57. The van der Waals surface area contributed by atoms with Gasteiger partial charge in [0.1, 0.15) is 12.2 Å². The fraction of sp³-hybridized carbons (Fsp3) is 0.455. The number of carbonyl (C=O) groups excluding carboxylic acids is 2. The van der Waals surface area contributed by atoms with Gasteiger partial charge in [0.15, 0.2) is 0 Å². The maximum Gasteiger partial charge on any atom is 0.325 e. The van der Waals surface area contributed by atoms with Crippen LogP contribution in [0.4, 0.5) is 0 Å². The van der Waals surface area contributed by atoms with E-state index in [1.165, 1.54) is 31.1 Å². The summed E-state index contributed by atoms with van der Waals surface area (Å²) in [6.45, 7) is 1.80. The zero-order valence-electron chi connectivity index (χ0n) is 10.5. The lowest BCUT2D eigenvalue weighted by Gasteiger charge is -2.15. The van der Waals surface area contributed by atoms with E-state index in [9.17, 15) is 14.4 Å². The first kappa shape index (κ1) is 13.9. The van der Waals surface area contributed by atoms with E-state index < -0.39 is 11.9 Å². The molecule has 18 heavy (non-hydrogen) atoms. The van der Waals surface area contributed by atoms with Crippen LogP contribution < -0.4 is 5.56 Å². The van der Waals surface area contributed by atoms with Crippen molar-refractivity contribution in [1.82, 2.24) is 14.7 Å². The Balaban J connectivity index is 2.77. The summed E-state index contributed by atoms with van der Waals surface area (Å²) in [7, 11) is 2.91. The summed E-state index contributed by atoms with van der Waals surface area (Å²) in [5.41, 5.74) is -0.205. The smallest absolute Gasteiger partial charge is 0.325 e. The Kier molecular flexibility index (Phi) is 4.59. The fourth-order valence-corrected chi connectivity index (χ4v) is 1.28. The van der Waals surface area contributed by atoms with Crippen LogP contribution >= 0.6 is 0 Å². The predicted molar refractivity (Wildman–Crippen MR) is 63.1 cm³/mol. The molecule has 1 heterocycles. The molecule has 1 aromatic heterocycles. The van der Waals surface area contributed by atoms with Crippen LogP contribution in [-0.2, 0) is 16.6 Å². The number of carbonyl (C=O) groups is 2. The maximum atomic E-state index is 11.9. The molecule has 0 radical (unpaired) electrons. The lowest BCUT2D eigenvalue weighted by atomic mass is 10.3. The van der Waals surface area contributed by atoms with Gasteiger partial charge in [0, 0.05) is 20.2 Å². The molecule has 0 aliphatic rings. The second-order valence-electron chi connectivity index (χ2n) is 3.65. The minimum absolute atomic E-state index is 0.101. The van der Waals surface area contributed by atoms with Crippen LogP contribution in [0.5, 0.6) is 0 Å². The van der Waals surface area contributed by atoms with Crippen LogP contribution in [0.15, 0.2) is 16.9 Å². The lowest BCUT2D eigenvalue weighted by Crippen LogP contribution is -2.34. The highest BCUT2D eigenvalue weighted by Gasteiger charge is 2.17. The molecule has 1 aromatic rings. The van der Waals surface area contributed by atoms with Crippen molar-refractivity contribution >= 4 is 11.9 Å². The Hall–Kier alpha value is -2.18. The van der Waals surface area contributed by atoms with Gasteiger partial charge < -0.3 is 9.64 Å². The summed E-state index contributed by atoms with van der Waals surface area (Å²) in [5.74, 6) is -0.933. The average Bonchev–Trinajstić information content (AvgIpc) is 2.32. The van der Waals surface area contributed by atoms with Gasteiger partial charge in [0.05, 0.1) is 6.61 Å². The zero-order valence-corrected chi connectivity index (χ0v) is 10.5. The topological polar surface area (TPSA) is 81.5 Å². The Labute approximate surface area is 104 Å². The van der Waals surface area contributed by atoms with E-state index >= 15 is 0 Å². The van der Waals surface area contributed by atoms with Gasteiger partial charge in [0.25, 0.3) is 11.5 Å². The molecule has 0 bridgehead atoms. The number of nitrogens with zero attached hydrogens (tertiary/aromatic N) is 3. The zero-order chi connectivity index (χ0) is 13.7. The maximum absolute atomic E-state index is 11.9. The largest absolute Gasteiger partial charge is 0.465 e. The first-order valence-electron chi connectivity index (χ1n) is 5.41. The van der Waals surface area contributed by atoms with E-state index in [4.69, 9.17) is 4.74 Å². The van der Waals surface area contributed by atoms with E-state index in [0.29, 0.717) is 0 Å². The van der Waals surface area contributed by atoms with Crippen molar-refractivity contribution in [2.45, 2.75) is 6.92 Å². The van der Waals surface area contributed by atoms with Crippen LogP contribution in [0.3, 0.4) is 0 Å². The lowest BCUT2D eigenvalue weighted by molar-refractivity contribution is -0.143. The number of ether oxygens (including phenoxy) is 1. The van der Waals surface area contributed by atoms with Gasteiger partial charge in [-0.3, -0.25) is 14.4 Å². The van der Waals surface area contributed by atoms with Crippen molar-refractivity contribution in [3.63, 3.8) is 0 Å². The molecular formula is C11H15N3O4. The summed E-state index contributed by atoms with van der Waals surface area (Å²) in [6.07, 6.45) is 0. The molecule has 0 unspecified atom stereocenters. The van der Waals surface area contributed by atoms with Crippen molar-refractivity contribution in [3.8, 4) is 0 Å². The first-order chi connectivity index (χ1) is 8.45. The van der Waals surface area contributed by atoms with E-state index in [1.54, 1.807) is 6.92 Å². The van der Waals surface area contributed by atoms with Gasteiger partial charge in [-0.2, -0.15) is 5.10 Å². The number of aromatic nitrogens is 2. The monoisotopic (exact) mass is 253 g/mol. The Morgan fingerprint density at radius 3 is 2.67 bits per heavy atom. The van der Waals surface area contributed by atoms with E-state index in [2.05, 4.69) is 5.10 Å². The average molecular weight is 253 g/mol. The van der Waals surface area contributed by atoms with E-state index in [0.717, 1.165) is 4.68 Å². The van der Waals surface area contributed by atoms with Crippen molar-refractivity contribution in [1.29, 1.82) is 0 Å². The van der Waals surface area contributed by atoms with Crippen molar-refractivity contribution in [3.05, 3.63) is 28.2 Å². The third-order valence-electron chi connectivity index (χ3n) is 2.20. The number of rotatable bonds is 4. The minimum Gasteiger partial charge on any atom is -0.465 e. The molecule has 0 N–H and O–H groups in total. The van der Waals surface area contributed by atoms with Crippen LogP contribution in [-0.4, -0.2) is 46.8 Å². The summed E-state index contributed by atoms with van der Waals surface area (Å²) >= 11 is 0. The third kappa shape index (κ3) is 3.41. The molecule has 0 aromatic carbocycles. The van der Waals surface area contributed by atoms with Gasteiger partial charge >= 0.3 is 5.97 Å². The highest BCUT2D eigenvalue weighted by molar-refractivity contribution is 5.93. The molecule has 0 atom stereocenters. The van der Waals surface area contributed by atoms with Gasteiger partial charge in [-0.15, -0.1) is 0 Å². The Morgan fingerprint density at radius 2 is 2.11 bits per heavy atom.